The standard InChI is InChI=1S/C15H15FN2O2S/c1-18(14-9-8-11-5-2-3-6-12(11)14)21(19,20)15-13(16)7-4-10-17-15/h2-7,10,14H,8-9H2,1H3. The number of nitrogens with zero attached hydrogens (tertiary/aromatic N) is 2. The van der Waals surface area contributed by atoms with E-state index in [1.165, 1.54) is 23.6 Å². The summed E-state index contributed by atoms with van der Waals surface area (Å²) in [4.78, 5) is 3.69. The number of hydrogen-bond donors (Lipinski definition) is 0. The Bertz CT molecular complexity index is 777. The van der Waals surface area contributed by atoms with E-state index in [0.717, 1.165) is 23.6 Å². The normalized spacial score (nSPS) is 18.0. The molecule has 0 saturated carbocycles. The minimum Gasteiger partial charge on any atom is -0.241 e. The molecule has 3 rings (SSSR count). The molecule has 1 heterocycles. The molecule has 1 aliphatic rings. The first-order chi connectivity index (χ1) is 10.0. The fourth-order valence-electron chi connectivity index (χ4n) is 2.78. The highest BCUT2D eigenvalue weighted by atomic mass is 32.2. The molecule has 2 aromatic rings. The molecule has 1 aromatic heterocycles. The van der Waals surface area contributed by atoms with Crippen molar-refractivity contribution in [3.8, 4) is 0 Å². The fraction of sp³-hybridized carbons (Fsp3) is 0.267. The molecule has 1 aliphatic carbocycles. The third-order valence-corrected chi connectivity index (χ3v) is 5.69. The van der Waals surface area contributed by atoms with Gasteiger partial charge < -0.3 is 0 Å². The highest BCUT2D eigenvalue weighted by Gasteiger charge is 2.35. The van der Waals surface area contributed by atoms with Crippen LogP contribution in [0.15, 0.2) is 47.6 Å². The highest BCUT2D eigenvalue weighted by Crippen LogP contribution is 2.37. The van der Waals surface area contributed by atoms with Crippen LogP contribution in [0.5, 0.6) is 0 Å². The van der Waals surface area contributed by atoms with Crippen molar-refractivity contribution in [3.63, 3.8) is 0 Å². The van der Waals surface area contributed by atoms with Crippen molar-refractivity contribution in [1.82, 2.24) is 9.29 Å². The van der Waals surface area contributed by atoms with Crippen LogP contribution < -0.4 is 0 Å². The number of fused-ring (bicyclic) bond motifs is 1. The monoisotopic (exact) mass is 306 g/mol. The Morgan fingerprint density at radius 3 is 2.76 bits per heavy atom. The molecule has 1 unspecified atom stereocenters. The van der Waals surface area contributed by atoms with Gasteiger partial charge in [0.2, 0.25) is 5.03 Å². The van der Waals surface area contributed by atoms with Crippen LogP contribution in [0.4, 0.5) is 4.39 Å². The Morgan fingerprint density at radius 1 is 1.24 bits per heavy atom. The topological polar surface area (TPSA) is 50.3 Å². The quantitative estimate of drug-likeness (QED) is 0.875. The summed E-state index contributed by atoms with van der Waals surface area (Å²) in [5.74, 6) is -0.823. The van der Waals surface area contributed by atoms with E-state index >= 15 is 0 Å². The van der Waals surface area contributed by atoms with Gasteiger partial charge in [-0.3, -0.25) is 0 Å². The predicted molar refractivity (Wildman–Crippen MR) is 76.6 cm³/mol. The zero-order valence-electron chi connectivity index (χ0n) is 11.5. The van der Waals surface area contributed by atoms with E-state index < -0.39 is 20.9 Å². The first-order valence-electron chi connectivity index (χ1n) is 6.68. The summed E-state index contributed by atoms with van der Waals surface area (Å²) in [6.45, 7) is 0. The Morgan fingerprint density at radius 2 is 2.00 bits per heavy atom. The molecule has 21 heavy (non-hydrogen) atoms. The molecule has 0 bridgehead atoms. The number of hydrogen-bond acceptors (Lipinski definition) is 3. The number of pyridine rings is 1. The van der Waals surface area contributed by atoms with Crippen molar-refractivity contribution < 1.29 is 12.8 Å². The zero-order valence-corrected chi connectivity index (χ0v) is 12.3. The van der Waals surface area contributed by atoms with Crippen LogP contribution >= 0.6 is 0 Å². The van der Waals surface area contributed by atoms with Gasteiger partial charge in [-0.15, -0.1) is 0 Å². The molecule has 0 amide bonds. The van der Waals surface area contributed by atoms with Crippen LogP contribution in [0.25, 0.3) is 0 Å². The summed E-state index contributed by atoms with van der Waals surface area (Å²) in [5.41, 5.74) is 2.13. The summed E-state index contributed by atoms with van der Waals surface area (Å²) < 4.78 is 40.1. The number of halogens is 1. The summed E-state index contributed by atoms with van der Waals surface area (Å²) in [7, 11) is -2.47. The molecule has 0 N–H and O–H groups in total. The second-order valence-electron chi connectivity index (χ2n) is 5.06. The summed E-state index contributed by atoms with van der Waals surface area (Å²) in [6, 6.07) is 9.96. The van der Waals surface area contributed by atoms with Gasteiger partial charge in [0.05, 0.1) is 6.04 Å². The molecular formula is C15H15FN2O2S. The van der Waals surface area contributed by atoms with E-state index in [1.807, 2.05) is 24.3 Å². The highest BCUT2D eigenvalue weighted by molar-refractivity contribution is 7.89. The minimum absolute atomic E-state index is 0.271. The molecule has 0 saturated heterocycles. The number of rotatable bonds is 3. The van der Waals surface area contributed by atoms with E-state index in [1.54, 1.807) is 0 Å². The van der Waals surface area contributed by atoms with E-state index in [9.17, 15) is 12.8 Å². The zero-order chi connectivity index (χ0) is 15.0. The van der Waals surface area contributed by atoms with Crippen molar-refractivity contribution in [2.75, 3.05) is 7.05 Å². The van der Waals surface area contributed by atoms with E-state index in [4.69, 9.17) is 0 Å². The second-order valence-corrected chi connectivity index (χ2v) is 6.98. The van der Waals surface area contributed by atoms with Crippen LogP contribution in [-0.4, -0.2) is 24.8 Å². The maximum Gasteiger partial charge on any atom is 0.263 e. The average molecular weight is 306 g/mol. The molecule has 0 radical (unpaired) electrons. The third kappa shape index (κ3) is 2.34. The smallest absolute Gasteiger partial charge is 0.241 e. The van der Waals surface area contributed by atoms with E-state index in [-0.39, 0.29) is 6.04 Å². The lowest BCUT2D eigenvalue weighted by Gasteiger charge is -2.24. The van der Waals surface area contributed by atoms with Gasteiger partial charge in [-0.1, -0.05) is 24.3 Å². The van der Waals surface area contributed by atoms with Crippen molar-refractivity contribution in [2.24, 2.45) is 0 Å². The first-order valence-corrected chi connectivity index (χ1v) is 8.12. The number of sulfonamides is 1. The SMILES string of the molecule is CN(C1CCc2ccccc21)S(=O)(=O)c1ncccc1F. The Kier molecular flexibility index (Phi) is 3.51. The molecule has 1 aromatic carbocycles. The molecule has 6 heteroatoms. The molecule has 4 nitrogen and oxygen atoms in total. The van der Waals surface area contributed by atoms with Gasteiger partial charge in [0.25, 0.3) is 10.0 Å². The number of aromatic nitrogens is 1. The lowest BCUT2D eigenvalue weighted by Crippen LogP contribution is -2.31. The number of aryl methyl sites for hydroxylation is 1. The molecule has 0 aliphatic heterocycles. The van der Waals surface area contributed by atoms with Gasteiger partial charge in [-0.25, -0.2) is 17.8 Å². The van der Waals surface area contributed by atoms with Crippen molar-refractivity contribution in [1.29, 1.82) is 0 Å². The lowest BCUT2D eigenvalue weighted by molar-refractivity contribution is 0.370. The van der Waals surface area contributed by atoms with Gasteiger partial charge in [-0.05, 0) is 36.1 Å². The molecule has 110 valence electrons. The van der Waals surface area contributed by atoms with Crippen molar-refractivity contribution in [3.05, 3.63) is 59.5 Å². The Hall–Kier alpha value is -1.79. The van der Waals surface area contributed by atoms with Crippen molar-refractivity contribution in [2.45, 2.75) is 23.9 Å². The predicted octanol–water partition coefficient (Wildman–Crippen LogP) is 2.53. The first kappa shape index (κ1) is 14.2. The van der Waals surface area contributed by atoms with Crippen molar-refractivity contribution >= 4 is 10.0 Å². The summed E-state index contributed by atoms with van der Waals surface area (Å²) in [6.07, 6.45) is 2.81. The fourth-order valence-corrected chi connectivity index (χ4v) is 4.11. The minimum atomic E-state index is -3.95. The molecule has 1 atom stereocenters. The van der Waals surface area contributed by atoms with Crippen LogP contribution in [0.2, 0.25) is 0 Å². The van der Waals surface area contributed by atoms with Gasteiger partial charge in [0.15, 0.2) is 5.82 Å². The maximum atomic E-state index is 13.8. The Balaban J connectivity index is 2.00. The van der Waals surface area contributed by atoms with Crippen LogP contribution in [0.3, 0.4) is 0 Å². The third-order valence-electron chi connectivity index (χ3n) is 3.89. The number of benzene rings is 1. The van der Waals surface area contributed by atoms with Gasteiger partial charge in [0, 0.05) is 13.2 Å². The van der Waals surface area contributed by atoms with Crippen LogP contribution in [0.1, 0.15) is 23.6 Å². The average Bonchev–Trinajstić information content (AvgIpc) is 2.90. The summed E-state index contributed by atoms with van der Waals surface area (Å²) >= 11 is 0. The second kappa shape index (κ2) is 5.20. The van der Waals surface area contributed by atoms with Crippen LogP contribution in [-0.2, 0) is 16.4 Å². The van der Waals surface area contributed by atoms with Gasteiger partial charge in [-0.2, -0.15) is 4.31 Å². The molecular weight excluding hydrogens is 291 g/mol. The van der Waals surface area contributed by atoms with Crippen LogP contribution in [0, 0.1) is 5.82 Å². The maximum absolute atomic E-state index is 13.8. The van der Waals surface area contributed by atoms with Gasteiger partial charge >= 0.3 is 0 Å². The molecule has 0 fully saturated rings. The summed E-state index contributed by atoms with van der Waals surface area (Å²) in [5, 5.41) is -0.517. The molecule has 0 spiro atoms. The van der Waals surface area contributed by atoms with E-state index in [0.29, 0.717) is 6.42 Å². The van der Waals surface area contributed by atoms with Gasteiger partial charge in [0.1, 0.15) is 0 Å². The van der Waals surface area contributed by atoms with E-state index in [2.05, 4.69) is 4.98 Å². The Labute approximate surface area is 123 Å². The lowest BCUT2D eigenvalue weighted by atomic mass is 10.1. The largest absolute Gasteiger partial charge is 0.263 e.